The topological polar surface area (TPSA) is 78.9 Å². The molecule has 6 heteroatoms. The molecule has 0 saturated carbocycles. The van der Waals surface area contributed by atoms with Gasteiger partial charge in [0.15, 0.2) is 6.10 Å². The predicted molar refractivity (Wildman–Crippen MR) is 297 cm³/mol. The number of hydrogen-bond acceptors (Lipinski definition) is 6. The molecule has 69 heavy (non-hydrogen) atoms. The summed E-state index contributed by atoms with van der Waals surface area (Å²) in [5, 5.41) is 0. The van der Waals surface area contributed by atoms with Gasteiger partial charge in [0, 0.05) is 19.3 Å². The average Bonchev–Trinajstić information content (AvgIpc) is 3.35. The lowest BCUT2D eigenvalue weighted by molar-refractivity contribution is -0.166. The van der Waals surface area contributed by atoms with E-state index in [0.29, 0.717) is 19.3 Å². The highest BCUT2D eigenvalue weighted by atomic mass is 16.6. The monoisotopic (exact) mass is 959 g/mol. The quantitative estimate of drug-likeness (QED) is 0.0262. The number of carbonyl (C=O) groups excluding carboxylic acids is 3. The van der Waals surface area contributed by atoms with Gasteiger partial charge in [-0.05, 0) is 89.9 Å². The summed E-state index contributed by atoms with van der Waals surface area (Å²) in [4.78, 5) is 38.1. The molecule has 0 spiro atoms. The predicted octanol–water partition coefficient (Wildman–Crippen LogP) is 19.3. The van der Waals surface area contributed by atoms with Gasteiger partial charge in [-0.15, -0.1) is 0 Å². The normalized spacial score (nSPS) is 12.8. The van der Waals surface area contributed by atoms with E-state index >= 15 is 0 Å². The molecule has 6 nitrogen and oxygen atoms in total. The highest BCUT2D eigenvalue weighted by Crippen LogP contribution is 2.16. The van der Waals surface area contributed by atoms with Crippen LogP contribution in [0.15, 0.2) is 97.2 Å². The molecule has 0 heterocycles. The van der Waals surface area contributed by atoms with Gasteiger partial charge in [-0.1, -0.05) is 253 Å². The van der Waals surface area contributed by atoms with Crippen molar-refractivity contribution in [2.75, 3.05) is 13.2 Å². The smallest absolute Gasteiger partial charge is 0.306 e. The van der Waals surface area contributed by atoms with Gasteiger partial charge in [-0.3, -0.25) is 14.4 Å². The van der Waals surface area contributed by atoms with Crippen molar-refractivity contribution in [1.82, 2.24) is 0 Å². The lowest BCUT2D eigenvalue weighted by Gasteiger charge is -2.18. The van der Waals surface area contributed by atoms with E-state index in [0.717, 1.165) is 103 Å². The third kappa shape index (κ3) is 55.1. The second kappa shape index (κ2) is 56.9. The van der Waals surface area contributed by atoms with Crippen LogP contribution < -0.4 is 0 Å². The highest BCUT2D eigenvalue weighted by Gasteiger charge is 2.19. The molecule has 0 fully saturated rings. The van der Waals surface area contributed by atoms with Crippen molar-refractivity contribution in [2.24, 2.45) is 0 Å². The van der Waals surface area contributed by atoms with Crippen LogP contribution in [0.5, 0.6) is 0 Å². The van der Waals surface area contributed by atoms with Gasteiger partial charge < -0.3 is 14.2 Å². The van der Waals surface area contributed by atoms with Crippen molar-refractivity contribution >= 4 is 17.9 Å². The maximum atomic E-state index is 12.9. The van der Waals surface area contributed by atoms with E-state index in [1.54, 1.807) is 0 Å². The Morgan fingerprint density at radius 1 is 0.304 bits per heavy atom. The third-order valence-corrected chi connectivity index (χ3v) is 12.1. The number of rotatable bonds is 51. The van der Waals surface area contributed by atoms with Crippen molar-refractivity contribution < 1.29 is 28.6 Å². The molecule has 0 aliphatic rings. The molecule has 0 aromatic carbocycles. The first-order valence-electron chi connectivity index (χ1n) is 28.7. The second-order valence-electron chi connectivity index (χ2n) is 18.8. The molecule has 0 aromatic heterocycles. The minimum absolute atomic E-state index is 0.107. The van der Waals surface area contributed by atoms with E-state index in [1.165, 1.54) is 116 Å². The first-order valence-corrected chi connectivity index (χ1v) is 28.7. The lowest BCUT2D eigenvalue weighted by Crippen LogP contribution is -2.30. The zero-order chi connectivity index (χ0) is 50.0. The summed E-state index contributed by atoms with van der Waals surface area (Å²) in [5.74, 6) is -1.00. The summed E-state index contributed by atoms with van der Waals surface area (Å²) in [5.41, 5.74) is 0. The molecule has 1 atom stereocenters. The van der Waals surface area contributed by atoms with Crippen LogP contribution in [0, 0.1) is 0 Å². The summed E-state index contributed by atoms with van der Waals surface area (Å²) in [6.45, 7) is 6.44. The van der Waals surface area contributed by atoms with Crippen LogP contribution in [0.1, 0.15) is 265 Å². The average molecular weight is 960 g/mol. The van der Waals surface area contributed by atoms with Crippen LogP contribution >= 0.6 is 0 Å². The Hall–Kier alpha value is -3.67. The number of carbonyl (C=O) groups is 3. The summed E-state index contributed by atoms with van der Waals surface area (Å²) in [6, 6.07) is 0. The van der Waals surface area contributed by atoms with Gasteiger partial charge in [0.1, 0.15) is 13.2 Å². The fourth-order valence-corrected chi connectivity index (χ4v) is 7.79. The Morgan fingerprint density at radius 3 is 1.00 bits per heavy atom. The Labute approximate surface area is 426 Å². The molecule has 0 aliphatic carbocycles. The van der Waals surface area contributed by atoms with E-state index in [4.69, 9.17) is 14.2 Å². The maximum Gasteiger partial charge on any atom is 0.306 e. The van der Waals surface area contributed by atoms with Gasteiger partial charge in [0.05, 0.1) is 0 Å². The van der Waals surface area contributed by atoms with Crippen LogP contribution in [-0.4, -0.2) is 37.2 Å². The van der Waals surface area contributed by atoms with Crippen LogP contribution in [0.25, 0.3) is 0 Å². The third-order valence-electron chi connectivity index (χ3n) is 12.1. The van der Waals surface area contributed by atoms with Crippen LogP contribution in [-0.2, 0) is 28.6 Å². The van der Waals surface area contributed by atoms with E-state index in [9.17, 15) is 14.4 Å². The molecule has 0 aliphatic heterocycles. The molecule has 0 radical (unpaired) electrons. The minimum Gasteiger partial charge on any atom is -0.462 e. The van der Waals surface area contributed by atoms with Crippen LogP contribution in [0.2, 0.25) is 0 Å². The molecule has 1 unspecified atom stereocenters. The zero-order valence-electron chi connectivity index (χ0n) is 45.0. The first-order chi connectivity index (χ1) is 34.0. The fourth-order valence-electron chi connectivity index (χ4n) is 7.79. The number of esters is 3. The maximum absolute atomic E-state index is 12.9. The Bertz CT molecular complexity index is 1380. The number of ether oxygens (including phenoxy) is 3. The lowest BCUT2D eigenvalue weighted by atomic mass is 10.0. The molecule has 0 amide bonds. The van der Waals surface area contributed by atoms with E-state index in [1.807, 2.05) is 6.08 Å². The molecule has 0 bridgehead atoms. The molecular formula is C63H106O6. The zero-order valence-corrected chi connectivity index (χ0v) is 45.0. The van der Waals surface area contributed by atoms with Crippen molar-refractivity contribution in [3.8, 4) is 0 Å². The Kier molecular flexibility index (Phi) is 53.9. The molecule has 394 valence electrons. The Morgan fingerprint density at radius 2 is 0.594 bits per heavy atom. The van der Waals surface area contributed by atoms with Gasteiger partial charge in [0.25, 0.3) is 0 Å². The minimum atomic E-state index is -0.813. The molecule has 0 N–H and O–H groups in total. The molecule has 0 rings (SSSR count). The van der Waals surface area contributed by atoms with Crippen molar-refractivity contribution in [3.63, 3.8) is 0 Å². The van der Waals surface area contributed by atoms with Crippen LogP contribution in [0.4, 0.5) is 0 Å². The second-order valence-corrected chi connectivity index (χ2v) is 18.8. The van der Waals surface area contributed by atoms with Gasteiger partial charge >= 0.3 is 17.9 Å². The SMILES string of the molecule is CC/C=C\C/C=C\C/C=C\C/C=C\C/C=C\C/C=C\CCC(=O)OCC(COC(=O)CCCCCCC/C=C\C/C=C\CCCCC)OC(=O)CCCCCCCCCCCCCCCCCCC. The summed E-state index contributed by atoms with van der Waals surface area (Å²) in [6.07, 6.45) is 75.5. The van der Waals surface area contributed by atoms with Crippen molar-refractivity contribution in [3.05, 3.63) is 97.2 Å². The van der Waals surface area contributed by atoms with Crippen molar-refractivity contribution in [2.45, 2.75) is 271 Å². The summed E-state index contributed by atoms with van der Waals surface area (Å²) in [7, 11) is 0. The summed E-state index contributed by atoms with van der Waals surface area (Å²) >= 11 is 0. The number of hydrogen-bond donors (Lipinski definition) is 0. The number of allylic oxidation sites excluding steroid dienone is 16. The first kappa shape index (κ1) is 65.3. The number of unbranched alkanes of at least 4 members (excludes halogenated alkanes) is 24. The van der Waals surface area contributed by atoms with Gasteiger partial charge in [-0.25, -0.2) is 0 Å². The van der Waals surface area contributed by atoms with E-state index < -0.39 is 6.10 Å². The van der Waals surface area contributed by atoms with Crippen LogP contribution in [0.3, 0.4) is 0 Å². The van der Waals surface area contributed by atoms with Crippen molar-refractivity contribution in [1.29, 1.82) is 0 Å². The standard InChI is InChI=1S/C63H106O6/c1-4-7-10-13-16-19-22-25-28-30-31-33-35-38-41-44-47-50-53-56-62(65)68-59-60(58-67-61(64)55-52-49-46-43-40-37-34-27-24-21-18-15-12-9-6-3)69-63(66)57-54-51-48-45-42-39-36-32-29-26-23-20-17-14-11-8-5-2/h7,10,16,18-19,21,25,27-28,31,33-34,38,41,47,50,60H,4-6,8-9,11-15,17,20,22-24,26,29-30,32,35-37,39-40,42-46,48-49,51-59H2,1-3H3/b10-7-,19-16-,21-18-,28-25-,33-31-,34-27-,41-38-,50-47-. The van der Waals surface area contributed by atoms with E-state index in [2.05, 4.69) is 112 Å². The molecule has 0 aromatic rings. The van der Waals surface area contributed by atoms with E-state index in [-0.39, 0.29) is 37.5 Å². The largest absolute Gasteiger partial charge is 0.462 e. The molecular weight excluding hydrogens is 853 g/mol. The molecule has 0 saturated heterocycles. The van der Waals surface area contributed by atoms with Gasteiger partial charge in [0.2, 0.25) is 0 Å². The van der Waals surface area contributed by atoms with Gasteiger partial charge in [-0.2, -0.15) is 0 Å². The fraction of sp³-hybridized carbons (Fsp3) is 0.698. The summed E-state index contributed by atoms with van der Waals surface area (Å²) < 4.78 is 16.8. The highest BCUT2D eigenvalue weighted by molar-refractivity contribution is 5.71. The Balaban J connectivity index is 4.51.